The van der Waals surface area contributed by atoms with Crippen LogP contribution < -0.4 is 10.5 Å². The standard InChI is InChI=1S/C16H16BrClFNO/c1-10(20)4-11-5-14(19)8-15(6-11)21-9-12-2-3-13(17)7-16(12)18/h2-3,5-8,10H,4,9,20H2,1H3. The highest BCUT2D eigenvalue weighted by molar-refractivity contribution is 9.10. The second kappa shape index (κ2) is 7.25. The van der Waals surface area contributed by atoms with E-state index in [0.717, 1.165) is 15.6 Å². The minimum Gasteiger partial charge on any atom is -0.489 e. The summed E-state index contributed by atoms with van der Waals surface area (Å²) in [5.41, 5.74) is 7.40. The van der Waals surface area contributed by atoms with Gasteiger partial charge in [-0.15, -0.1) is 0 Å². The molecule has 5 heteroatoms. The van der Waals surface area contributed by atoms with Crippen LogP contribution in [0, 0.1) is 5.82 Å². The van der Waals surface area contributed by atoms with Crippen molar-refractivity contribution in [3.63, 3.8) is 0 Å². The first-order valence-corrected chi connectivity index (χ1v) is 7.73. The highest BCUT2D eigenvalue weighted by Gasteiger charge is 2.06. The lowest BCUT2D eigenvalue weighted by Gasteiger charge is -2.11. The molecule has 2 nitrogen and oxygen atoms in total. The Morgan fingerprint density at radius 1 is 1.29 bits per heavy atom. The second-order valence-corrected chi connectivity index (χ2v) is 6.32. The van der Waals surface area contributed by atoms with Crippen LogP contribution in [0.3, 0.4) is 0 Å². The number of nitrogens with two attached hydrogens (primary N) is 1. The van der Waals surface area contributed by atoms with Gasteiger partial charge in [-0.3, -0.25) is 0 Å². The summed E-state index contributed by atoms with van der Waals surface area (Å²) in [6.45, 7) is 2.17. The molecule has 112 valence electrons. The molecule has 1 atom stereocenters. The maximum atomic E-state index is 13.6. The third-order valence-electron chi connectivity index (χ3n) is 2.90. The lowest BCUT2D eigenvalue weighted by molar-refractivity contribution is 0.304. The minimum absolute atomic E-state index is 0.0273. The van der Waals surface area contributed by atoms with Crippen LogP contribution in [-0.4, -0.2) is 6.04 Å². The molecule has 2 aromatic carbocycles. The monoisotopic (exact) mass is 371 g/mol. The Bertz CT molecular complexity index is 634. The highest BCUT2D eigenvalue weighted by atomic mass is 79.9. The minimum atomic E-state index is -0.329. The van der Waals surface area contributed by atoms with Gasteiger partial charge in [-0.1, -0.05) is 33.6 Å². The second-order valence-electron chi connectivity index (χ2n) is 5.00. The van der Waals surface area contributed by atoms with E-state index in [4.69, 9.17) is 22.1 Å². The van der Waals surface area contributed by atoms with Crippen molar-refractivity contribution in [3.8, 4) is 5.75 Å². The summed E-state index contributed by atoms with van der Waals surface area (Å²) in [5.74, 6) is 0.148. The van der Waals surface area contributed by atoms with E-state index in [1.54, 1.807) is 12.1 Å². The van der Waals surface area contributed by atoms with Crippen molar-refractivity contribution in [3.05, 3.63) is 62.8 Å². The van der Waals surface area contributed by atoms with Gasteiger partial charge >= 0.3 is 0 Å². The number of benzene rings is 2. The molecule has 0 heterocycles. The molecular formula is C16H16BrClFNO. The number of halogens is 3. The van der Waals surface area contributed by atoms with Gasteiger partial charge in [0.1, 0.15) is 18.2 Å². The van der Waals surface area contributed by atoms with E-state index in [1.165, 1.54) is 12.1 Å². The molecule has 0 aromatic heterocycles. The Kier molecular flexibility index (Phi) is 5.62. The lowest BCUT2D eigenvalue weighted by Crippen LogP contribution is -2.17. The van der Waals surface area contributed by atoms with Crippen molar-refractivity contribution in [1.82, 2.24) is 0 Å². The summed E-state index contributed by atoms with van der Waals surface area (Å²) in [7, 11) is 0. The fourth-order valence-corrected chi connectivity index (χ4v) is 2.72. The number of ether oxygens (including phenoxy) is 1. The molecule has 2 N–H and O–H groups in total. The fourth-order valence-electron chi connectivity index (χ4n) is 1.99. The van der Waals surface area contributed by atoms with E-state index in [-0.39, 0.29) is 18.5 Å². The van der Waals surface area contributed by atoms with Crippen molar-refractivity contribution >= 4 is 27.5 Å². The number of hydrogen-bond donors (Lipinski definition) is 1. The maximum absolute atomic E-state index is 13.6. The average molecular weight is 373 g/mol. The van der Waals surface area contributed by atoms with E-state index in [1.807, 2.05) is 19.1 Å². The van der Waals surface area contributed by atoms with Gasteiger partial charge in [0.25, 0.3) is 0 Å². The summed E-state index contributed by atoms with van der Waals surface area (Å²) < 4.78 is 20.1. The van der Waals surface area contributed by atoms with Crippen LogP contribution in [0.1, 0.15) is 18.1 Å². The molecule has 0 amide bonds. The van der Waals surface area contributed by atoms with E-state index in [0.29, 0.717) is 17.2 Å². The Labute approximate surface area is 137 Å². The molecule has 0 aliphatic carbocycles. The van der Waals surface area contributed by atoms with Crippen LogP contribution >= 0.6 is 27.5 Å². The summed E-state index contributed by atoms with van der Waals surface area (Å²) in [6.07, 6.45) is 0.604. The largest absolute Gasteiger partial charge is 0.489 e. The molecule has 0 saturated carbocycles. The van der Waals surface area contributed by atoms with Gasteiger partial charge < -0.3 is 10.5 Å². The number of hydrogen-bond acceptors (Lipinski definition) is 2. The van der Waals surface area contributed by atoms with Crippen LogP contribution in [0.5, 0.6) is 5.75 Å². The van der Waals surface area contributed by atoms with Gasteiger partial charge in [0.15, 0.2) is 0 Å². The molecule has 0 bridgehead atoms. The molecule has 21 heavy (non-hydrogen) atoms. The van der Waals surface area contributed by atoms with Crippen molar-refractivity contribution in [2.45, 2.75) is 26.0 Å². The van der Waals surface area contributed by atoms with Crippen molar-refractivity contribution in [1.29, 1.82) is 0 Å². The van der Waals surface area contributed by atoms with E-state index < -0.39 is 0 Å². The van der Waals surface area contributed by atoms with Crippen LogP contribution in [0.15, 0.2) is 40.9 Å². The van der Waals surface area contributed by atoms with E-state index in [9.17, 15) is 4.39 Å². The van der Waals surface area contributed by atoms with Gasteiger partial charge in [-0.05, 0) is 43.2 Å². The van der Waals surface area contributed by atoms with Crippen molar-refractivity contribution in [2.24, 2.45) is 5.73 Å². The third kappa shape index (κ3) is 4.99. The first-order chi connectivity index (χ1) is 9.94. The summed E-state index contributed by atoms with van der Waals surface area (Å²) in [5, 5.41) is 0.608. The predicted octanol–water partition coefficient (Wildman–Crippen LogP) is 4.71. The Morgan fingerprint density at radius 3 is 2.71 bits per heavy atom. The smallest absolute Gasteiger partial charge is 0.127 e. The summed E-state index contributed by atoms with van der Waals surface area (Å²) in [6, 6.07) is 10.2. The van der Waals surface area contributed by atoms with E-state index >= 15 is 0 Å². The quantitative estimate of drug-likeness (QED) is 0.825. The van der Waals surface area contributed by atoms with Gasteiger partial charge in [0.2, 0.25) is 0 Å². The SMILES string of the molecule is CC(N)Cc1cc(F)cc(OCc2ccc(Br)cc2Cl)c1. The van der Waals surface area contributed by atoms with Crippen molar-refractivity contribution < 1.29 is 9.13 Å². The molecule has 2 rings (SSSR count). The Balaban J connectivity index is 2.10. The Hall–Kier alpha value is -1.10. The molecule has 0 fully saturated rings. The van der Waals surface area contributed by atoms with Gasteiger partial charge in [-0.25, -0.2) is 4.39 Å². The molecular weight excluding hydrogens is 357 g/mol. The first-order valence-electron chi connectivity index (χ1n) is 6.56. The Morgan fingerprint density at radius 2 is 2.05 bits per heavy atom. The zero-order valence-corrected chi connectivity index (χ0v) is 13.9. The van der Waals surface area contributed by atoms with Crippen LogP contribution in [0.25, 0.3) is 0 Å². The molecule has 0 aliphatic rings. The first kappa shape index (κ1) is 16.3. The lowest BCUT2D eigenvalue weighted by atomic mass is 10.1. The molecule has 0 spiro atoms. The van der Waals surface area contributed by atoms with Crippen LogP contribution in [0.2, 0.25) is 5.02 Å². The molecule has 0 saturated heterocycles. The van der Waals surface area contributed by atoms with Gasteiger partial charge in [-0.2, -0.15) is 0 Å². The maximum Gasteiger partial charge on any atom is 0.127 e. The van der Waals surface area contributed by atoms with Crippen LogP contribution in [-0.2, 0) is 13.0 Å². The fraction of sp³-hybridized carbons (Fsp3) is 0.250. The molecule has 0 aliphatic heterocycles. The number of rotatable bonds is 5. The zero-order valence-electron chi connectivity index (χ0n) is 11.6. The van der Waals surface area contributed by atoms with Gasteiger partial charge in [0.05, 0.1) is 0 Å². The molecule has 1 unspecified atom stereocenters. The molecule has 0 radical (unpaired) electrons. The average Bonchev–Trinajstić information content (AvgIpc) is 2.36. The zero-order chi connectivity index (χ0) is 15.4. The van der Waals surface area contributed by atoms with Gasteiger partial charge in [0, 0.05) is 27.2 Å². The predicted molar refractivity (Wildman–Crippen MR) is 87.2 cm³/mol. The highest BCUT2D eigenvalue weighted by Crippen LogP contribution is 2.24. The third-order valence-corrected chi connectivity index (χ3v) is 3.74. The van der Waals surface area contributed by atoms with Crippen molar-refractivity contribution in [2.75, 3.05) is 0 Å². The summed E-state index contributed by atoms with van der Waals surface area (Å²) in [4.78, 5) is 0. The topological polar surface area (TPSA) is 35.2 Å². The van der Waals surface area contributed by atoms with E-state index in [2.05, 4.69) is 15.9 Å². The van der Waals surface area contributed by atoms with Crippen LogP contribution in [0.4, 0.5) is 4.39 Å². The normalized spacial score (nSPS) is 12.2. The summed E-state index contributed by atoms with van der Waals surface area (Å²) >= 11 is 9.47. The molecule has 2 aromatic rings.